The third-order valence-corrected chi connectivity index (χ3v) is 4.22. The number of aromatic nitrogens is 1. The van der Waals surface area contributed by atoms with Gasteiger partial charge in [-0.05, 0) is 48.6 Å². The van der Waals surface area contributed by atoms with Crippen LogP contribution in [0.25, 0.3) is 10.9 Å². The first kappa shape index (κ1) is 12.3. The molecule has 1 heterocycles. The van der Waals surface area contributed by atoms with E-state index in [2.05, 4.69) is 23.3 Å². The van der Waals surface area contributed by atoms with Gasteiger partial charge in [0.25, 0.3) is 0 Å². The zero-order valence-corrected chi connectivity index (χ0v) is 11.4. The van der Waals surface area contributed by atoms with Crippen LogP contribution in [0.15, 0.2) is 30.3 Å². The number of nitrogen functional groups attached to an aromatic ring is 1. The molecule has 3 N–H and O–H groups in total. The van der Waals surface area contributed by atoms with Crippen molar-refractivity contribution in [3.63, 3.8) is 0 Å². The summed E-state index contributed by atoms with van der Waals surface area (Å²) in [6.45, 7) is 3.38. The molecule has 2 aromatic rings. The second-order valence-electron chi connectivity index (χ2n) is 6.02. The van der Waals surface area contributed by atoms with E-state index in [9.17, 15) is 0 Å². The molecule has 0 aliphatic heterocycles. The van der Waals surface area contributed by atoms with Crippen molar-refractivity contribution in [1.82, 2.24) is 4.98 Å². The summed E-state index contributed by atoms with van der Waals surface area (Å²) in [5.41, 5.74) is 8.00. The maximum absolute atomic E-state index is 5.78. The second-order valence-corrected chi connectivity index (χ2v) is 6.02. The third-order valence-electron chi connectivity index (χ3n) is 4.22. The first-order chi connectivity index (χ1) is 9.15. The largest absolute Gasteiger partial charge is 0.399 e. The van der Waals surface area contributed by atoms with E-state index in [0.29, 0.717) is 5.41 Å². The highest BCUT2D eigenvalue weighted by atomic mass is 15.0. The van der Waals surface area contributed by atoms with Crippen molar-refractivity contribution in [2.24, 2.45) is 5.41 Å². The highest BCUT2D eigenvalue weighted by Crippen LogP contribution is 2.37. The Labute approximate surface area is 114 Å². The minimum atomic E-state index is 0.442. The molecule has 0 radical (unpaired) electrons. The van der Waals surface area contributed by atoms with Crippen LogP contribution < -0.4 is 11.1 Å². The van der Waals surface area contributed by atoms with Crippen LogP contribution in [0.5, 0.6) is 0 Å². The summed E-state index contributed by atoms with van der Waals surface area (Å²) in [7, 11) is 0. The standard InChI is InChI=1S/C16H21N3/c1-16(8-2-3-9-16)11-18-15-7-4-12-10-13(17)5-6-14(12)19-15/h4-7,10H,2-3,8-9,11,17H2,1H3,(H,18,19). The Bertz CT molecular complexity index is 586. The van der Waals surface area contributed by atoms with E-state index in [4.69, 9.17) is 5.73 Å². The average molecular weight is 255 g/mol. The van der Waals surface area contributed by atoms with E-state index in [1.807, 2.05) is 24.3 Å². The smallest absolute Gasteiger partial charge is 0.126 e. The van der Waals surface area contributed by atoms with Gasteiger partial charge in [-0.15, -0.1) is 0 Å². The van der Waals surface area contributed by atoms with Gasteiger partial charge >= 0.3 is 0 Å². The Hall–Kier alpha value is -1.77. The Morgan fingerprint density at radius 3 is 2.79 bits per heavy atom. The van der Waals surface area contributed by atoms with E-state index >= 15 is 0 Å². The minimum absolute atomic E-state index is 0.442. The van der Waals surface area contributed by atoms with Crippen molar-refractivity contribution in [1.29, 1.82) is 0 Å². The predicted molar refractivity (Wildman–Crippen MR) is 81.2 cm³/mol. The molecule has 0 saturated heterocycles. The molecule has 19 heavy (non-hydrogen) atoms. The number of pyridine rings is 1. The molecule has 0 spiro atoms. The van der Waals surface area contributed by atoms with Crippen molar-refractivity contribution < 1.29 is 0 Å². The van der Waals surface area contributed by atoms with Gasteiger partial charge < -0.3 is 11.1 Å². The number of nitrogens with one attached hydrogen (secondary N) is 1. The van der Waals surface area contributed by atoms with Gasteiger partial charge in [-0.3, -0.25) is 0 Å². The molecule has 0 bridgehead atoms. The minimum Gasteiger partial charge on any atom is -0.399 e. The Morgan fingerprint density at radius 1 is 1.21 bits per heavy atom. The molecule has 0 atom stereocenters. The van der Waals surface area contributed by atoms with Crippen LogP contribution in [0.1, 0.15) is 32.6 Å². The molecule has 0 unspecified atom stereocenters. The molecule has 1 aromatic heterocycles. The SMILES string of the molecule is CC1(CNc2ccc3cc(N)ccc3n2)CCCC1. The van der Waals surface area contributed by atoms with Gasteiger partial charge in [0.05, 0.1) is 5.52 Å². The van der Waals surface area contributed by atoms with Crippen LogP contribution in [0.4, 0.5) is 11.5 Å². The summed E-state index contributed by atoms with van der Waals surface area (Å²) in [4.78, 5) is 4.64. The van der Waals surface area contributed by atoms with Gasteiger partial charge in [-0.1, -0.05) is 19.8 Å². The molecule has 1 aromatic carbocycles. The quantitative estimate of drug-likeness (QED) is 0.820. The fourth-order valence-electron chi connectivity index (χ4n) is 2.95. The number of anilines is 2. The Kier molecular flexibility index (Phi) is 3.05. The molecular formula is C16H21N3. The predicted octanol–water partition coefficient (Wildman–Crippen LogP) is 3.81. The molecular weight excluding hydrogens is 234 g/mol. The highest BCUT2D eigenvalue weighted by molar-refractivity contribution is 5.83. The lowest BCUT2D eigenvalue weighted by atomic mass is 9.89. The zero-order chi connectivity index (χ0) is 13.3. The fourth-order valence-corrected chi connectivity index (χ4v) is 2.95. The van der Waals surface area contributed by atoms with Gasteiger partial charge in [0.1, 0.15) is 5.82 Å². The molecule has 1 saturated carbocycles. The van der Waals surface area contributed by atoms with Gasteiger partial charge in [-0.2, -0.15) is 0 Å². The first-order valence-corrected chi connectivity index (χ1v) is 7.05. The maximum atomic E-state index is 5.78. The number of nitrogens with zero attached hydrogens (tertiary/aromatic N) is 1. The van der Waals surface area contributed by atoms with Gasteiger partial charge in [0.15, 0.2) is 0 Å². The summed E-state index contributed by atoms with van der Waals surface area (Å²) in [6, 6.07) is 9.97. The highest BCUT2D eigenvalue weighted by Gasteiger charge is 2.28. The topological polar surface area (TPSA) is 50.9 Å². The Morgan fingerprint density at radius 2 is 2.00 bits per heavy atom. The molecule has 3 heteroatoms. The van der Waals surface area contributed by atoms with E-state index < -0.39 is 0 Å². The molecule has 3 nitrogen and oxygen atoms in total. The average Bonchev–Trinajstić information content (AvgIpc) is 2.84. The lowest BCUT2D eigenvalue weighted by Crippen LogP contribution is -2.23. The summed E-state index contributed by atoms with van der Waals surface area (Å²) >= 11 is 0. The van der Waals surface area contributed by atoms with E-state index in [1.165, 1.54) is 25.7 Å². The molecule has 3 rings (SSSR count). The van der Waals surface area contributed by atoms with Gasteiger partial charge in [0.2, 0.25) is 0 Å². The Balaban J connectivity index is 1.76. The monoisotopic (exact) mass is 255 g/mol. The van der Waals surface area contributed by atoms with Crippen LogP contribution in [-0.4, -0.2) is 11.5 Å². The lowest BCUT2D eigenvalue weighted by Gasteiger charge is -2.24. The summed E-state index contributed by atoms with van der Waals surface area (Å²) in [6.07, 6.45) is 5.37. The van der Waals surface area contributed by atoms with Crippen LogP contribution in [-0.2, 0) is 0 Å². The van der Waals surface area contributed by atoms with E-state index in [0.717, 1.165) is 29.0 Å². The molecule has 1 aliphatic carbocycles. The number of hydrogen-bond donors (Lipinski definition) is 2. The van der Waals surface area contributed by atoms with Gasteiger partial charge in [0, 0.05) is 17.6 Å². The van der Waals surface area contributed by atoms with Crippen molar-refractivity contribution in [3.05, 3.63) is 30.3 Å². The molecule has 1 fully saturated rings. The fraction of sp³-hybridized carbons (Fsp3) is 0.438. The molecule has 1 aliphatic rings. The zero-order valence-electron chi connectivity index (χ0n) is 11.4. The van der Waals surface area contributed by atoms with Crippen LogP contribution in [0, 0.1) is 5.41 Å². The number of hydrogen-bond acceptors (Lipinski definition) is 3. The number of benzene rings is 1. The first-order valence-electron chi connectivity index (χ1n) is 7.05. The number of fused-ring (bicyclic) bond motifs is 1. The van der Waals surface area contributed by atoms with Crippen molar-refractivity contribution >= 4 is 22.4 Å². The number of nitrogens with two attached hydrogens (primary N) is 1. The van der Waals surface area contributed by atoms with Crippen LogP contribution in [0.2, 0.25) is 0 Å². The van der Waals surface area contributed by atoms with E-state index in [1.54, 1.807) is 0 Å². The third kappa shape index (κ3) is 2.65. The molecule has 100 valence electrons. The van der Waals surface area contributed by atoms with Crippen molar-refractivity contribution in [2.45, 2.75) is 32.6 Å². The summed E-state index contributed by atoms with van der Waals surface area (Å²) in [5, 5.41) is 4.59. The second kappa shape index (κ2) is 4.72. The summed E-state index contributed by atoms with van der Waals surface area (Å²) < 4.78 is 0. The number of rotatable bonds is 3. The molecule has 0 amide bonds. The lowest BCUT2D eigenvalue weighted by molar-refractivity contribution is 0.361. The van der Waals surface area contributed by atoms with Crippen molar-refractivity contribution in [2.75, 3.05) is 17.6 Å². The van der Waals surface area contributed by atoms with Crippen molar-refractivity contribution in [3.8, 4) is 0 Å². The van der Waals surface area contributed by atoms with Crippen LogP contribution in [0.3, 0.4) is 0 Å². The maximum Gasteiger partial charge on any atom is 0.126 e. The van der Waals surface area contributed by atoms with Crippen LogP contribution >= 0.6 is 0 Å². The summed E-state index contributed by atoms with van der Waals surface area (Å²) in [5.74, 6) is 0.963. The van der Waals surface area contributed by atoms with Gasteiger partial charge in [-0.25, -0.2) is 4.98 Å². The van der Waals surface area contributed by atoms with E-state index in [-0.39, 0.29) is 0 Å². The normalized spacial score (nSPS) is 17.7.